The minimum atomic E-state index is -1.23. The van der Waals surface area contributed by atoms with Gasteiger partial charge in [0.05, 0.1) is 17.4 Å². The van der Waals surface area contributed by atoms with Crippen LogP contribution in [-0.4, -0.2) is 64.9 Å². The summed E-state index contributed by atoms with van der Waals surface area (Å²) >= 11 is 3.28. The van der Waals surface area contributed by atoms with Gasteiger partial charge in [0.1, 0.15) is 30.4 Å². The van der Waals surface area contributed by atoms with E-state index < -0.39 is 31.1 Å². The van der Waals surface area contributed by atoms with Crippen LogP contribution in [0.5, 0.6) is 5.75 Å². The molecule has 3 aromatic rings. The number of phenols is 1. The van der Waals surface area contributed by atoms with Gasteiger partial charge >= 0.3 is 0 Å². The Morgan fingerprint density at radius 2 is 2.00 bits per heavy atom. The molecule has 0 bridgehead atoms. The van der Waals surface area contributed by atoms with Crippen molar-refractivity contribution in [2.45, 2.75) is 31.1 Å². The Morgan fingerprint density at radius 3 is 2.71 bits per heavy atom. The van der Waals surface area contributed by atoms with Crippen molar-refractivity contribution in [3.63, 3.8) is 0 Å². The molecule has 1 saturated heterocycles. The van der Waals surface area contributed by atoms with Gasteiger partial charge in [-0.15, -0.1) is 0 Å². The lowest BCUT2D eigenvalue weighted by atomic mass is 10.1. The number of anilines is 1. The highest BCUT2D eigenvalue weighted by atomic mass is 79.9. The summed E-state index contributed by atoms with van der Waals surface area (Å²) in [4.78, 5) is 12.7. The third-order valence-corrected chi connectivity index (χ3v) is 5.26. The summed E-state index contributed by atoms with van der Waals surface area (Å²) in [6.07, 6.45) is -1.44. The van der Waals surface area contributed by atoms with Crippen LogP contribution < -0.4 is 5.32 Å². The fourth-order valence-corrected chi connectivity index (χ4v) is 3.55. The van der Waals surface area contributed by atoms with E-state index in [1.807, 2.05) is 0 Å². The first kappa shape index (κ1) is 19.0. The predicted molar refractivity (Wildman–Crippen MR) is 101 cm³/mol. The molecule has 10 nitrogen and oxygen atoms in total. The summed E-state index contributed by atoms with van der Waals surface area (Å²) in [6.45, 7) is 0.0248. The van der Waals surface area contributed by atoms with Crippen LogP contribution >= 0.6 is 15.9 Å². The molecule has 0 radical (unpaired) electrons. The highest BCUT2D eigenvalue weighted by Crippen LogP contribution is 2.32. The number of ether oxygens (including phenoxy) is 1. The van der Waals surface area contributed by atoms with Crippen molar-refractivity contribution in [1.82, 2.24) is 19.5 Å². The minimum Gasteiger partial charge on any atom is -0.507 e. The Kier molecular flexibility index (Phi) is 5.17. The SMILES string of the molecule is OC[C@H]1OC(n2cnc3c(NCc4ccc(O)c(Br)c4)ncnc32)[C@H](O)[C@@H]1O. The van der Waals surface area contributed by atoms with E-state index in [0.717, 1.165) is 5.56 Å². The molecule has 1 aliphatic heterocycles. The molecule has 11 heteroatoms. The Bertz CT molecular complexity index is 999. The summed E-state index contributed by atoms with van der Waals surface area (Å²) in [7, 11) is 0. The first-order chi connectivity index (χ1) is 13.5. The van der Waals surface area contributed by atoms with Crippen molar-refractivity contribution < 1.29 is 25.2 Å². The normalized spacial score (nSPS) is 24.7. The average molecular weight is 452 g/mol. The van der Waals surface area contributed by atoms with Gasteiger partial charge in [0.25, 0.3) is 0 Å². The smallest absolute Gasteiger partial charge is 0.167 e. The quantitative estimate of drug-likeness (QED) is 0.374. The number of aliphatic hydroxyl groups is 3. The summed E-state index contributed by atoms with van der Waals surface area (Å²) < 4.78 is 7.64. The van der Waals surface area contributed by atoms with Crippen LogP contribution in [0, 0.1) is 0 Å². The van der Waals surface area contributed by atoms with Gasteiger partial charge in [0, 0.05) is 6.54 Å². The van der Waals surface area contributed by atoms with Crippen molar-refractivity contribution in [2.75, 3.05) is 11.9 Å². The highest BCUT2D eigenvalue weighted by Gasteiger charge is 2.44. The topological polar surface area (TPSA) is 146 Å². The van der Waals surface area contributed by atoms with Crippen LogP contribution in [-0.2, 0) is 11.3 Å². The third kappa shape index (κ3) is 3.31. The molecule has 4 rings (SSSR count). The van der Waals surface area contributed by atoms with E-state index in [0.29, 0.717) is 28.0 Å². The van der Waals surface area contributed by atoms with Crippen LogP contribution in [0.15, 0.2) is 35.3 Å². The number of nitrogens with one attached hydrogen (secondary N) is 1. The number of hydrogen-bond acceptors (Lipinski definition) is 9. The third-order valence-electron chi connectivity index (χ3n) is 4.62. The minimum absolute atomic E-state index is 0.158. The fraction of sp³-hybridized carbons (Fsp3) is 0.353. The van der Waals surface area contributed by atoms with E-state index in [2.05, 4.69) is 36.2 Å². The van der Waals surface area contributed by atoms with E-state index in [4.69, 9.17) is 4.74 Å². The van der Waals surface area contributed by atoms with Crippen molar-refractivity contribution in [1.29, 1.82) is 0 Å². The summed E-state index contributed by atoms with van der Waals surface area (Å²) in [5.74, 6) is 0.644. The lowest BCUT2D eigenvalue weighted by Crippen LogP contribution is -2.33. The first-order valence-electron chi connectivity index (χ1n) is 8.51. The zero-order valence-electron chi connectivity index (χ0n) is 14.5. The van der Waals surface area contributed by atoms with Crippen molar-refractivity contribution in [3.8, 4) is 5.75 Å². The first-order valence-corrected chi connectivity index (χ1v) is 9.30. The largest absolute Gasteiger partial charge is 0.507 e. The lowest BCUT2D eigenvalue weighted by molar-refractivity contribution is -0.0511. The van der Waals surface area contributed by atoms with Crippen molar-refractivity contribution >= 4 is 32.9 Å². The number of imidazole rings is 1. The molecule has 5 N–H and O–H groups in total. The zero-order valence-corrected chi connectivity index (χ0v) is 16.1. The summed E-state index contributed by atoms with van der Waals surface area (Å²) in [5.41, 5.74) is 1.80. The highest BCUT2D eigenvalue weighted by molar-refractivity contribution is 9.10. The lowest BCUT2D eigenvalue weighted by Gasteiger charge is -2.16. The van der Waals surface area contributed by atoms with Crippen LogP contribution in [0.25, 0.3) is 11.2 Å². The van der Waals surface area contributed by atoms with Crippen molar-refractivity contribution in [2.24, 2.45) is 0 Å². The van der Waals surface area contributed by atoms with Gasteiger partial charge in [-0.25, -0.2) is 15.0 Å². The zero-order chi connectivity index (χ0) is 19.8. The molecule has 1 fully saturated rings. The maximum atomic E-state index is 10.2. The monoisotopic (exact) mass is 451 g/mol. The average Bonchev–Trinajstić information content (AvgIpc) is 3.24. The maximum absolute atomic E-state index is 10.2. The molecule has 28 heavy (non-hydrogen) atoms. The number of nitrogens with zero attached hydrogens (tertiary/aromatic N) is 4. The van der Waals surface area contributed by atoms with Gasteiger partial charge in [0.2, 0.25) is 0 Å². The number of aliphatic hydroxyl groups excluding tert-OH is 3. The number of fused-ring (bicyclic) bond motifs is 1. The van der Waals surface area contributed by atoms with Gasteiger partial charge in [-0.2, -0.15) is 0 Å². The molecule has 0 aliphatic carbocycles. The standard InChI is InChI=1S/C17H18BrN5O5/c18-9-3-8(1-2-10(9)25)4-19-15-12-16(21-6-20-15)23(7-22-12)17-14(27)13(26)11(5-24)28-17/h1-3,6-7,11,13-14,17,24-27H,4-5H2,(H,19,20,21)/t11-,13-,14-,17?/m1/s1. The van der Waals surface area contributed by atoms with Gasteiger partial charge in [-0.1, -0.05) is 6.07 Å². The number of aromatic hydroxyl groups is 1. The van der Waals surface area contributed by atoms with Crippen LogP contribution in [0.2, 0.25) is 0 Å². The number of phenolic OH excluding ortho intramolecular Hbond substituents is 1. The number of aromatic nitrogens is 4. The van der Waals surface area contributed by atoms with Crippen LogP contribution in [0.4, 0.5) is 5.82 Å². The van der Waals surface area contributed by atoms with Crippen molar-refractivity contribution in [3.05, 3.63) is 40.9 Å². The van der Waals surface area contributed by atoms with E-state index in [1.54, 1.807) is 18.2 Å². The Balaban J connectivity index is 1.59. The second-order valence-electron chi connectivity index (χ2n) is 6.41. The van der Waals surface area contributed by atoms with Gasteiger partial charge in [-0.3, -0.25) is 4.57 Å². The fourth-order valence-electron chi connectivity index (χ4n) is 3.12. The molecule has 2 aromatic heterocycles. The molecule has 3 heterocycles. The number of hydrogen-bond donors (Lipinski definition) is 5. The Morgan fingerprint density at radius 1 is 1.18 bits per heavy atom. The molecule has 0 amide bonds. The second-order valence-corrected chi connectivity index (χ2v) is 7.27. The number of halogens is 1. The molecule has 1 aliphatic rings. The van der Waals surface area contributed by atoms with E-state index >= 15 is 0 Å². The van der Waals surface area contributed by atoms with E-state index in [-0.39, 0.29) is 5.75 Å². The van der Waals surface area contributed by atoms with Crippen LogP contribution in [0.1, 0.15) is 11.8 Å². The van der Waals surface area contributed by atoms with Crippen LogP contribution in [0.3, 0.4) is 0 Å². The number of benzene rings is 1. The molecule has 1 aromatic carbocycles. The molecular formula is C17H18BrN5O5. The summed E-state index contributed by atoms with van der Waals surface area (Å²) in [6, 6.07) is 5.16. The molecular weight excluding hydrogens is 434 g/mol. The van der Waals surface area contributed by atoms with Gasteiger partial charge in [0.15, 0.2) is 23.2 Å². The molecule has 0 spiro atoms. The van der Waals surface area contributed by atoms with Gasteiger partial charge in [-0.05, 0) is 33.6 Å². The summed E-state index contributed by atoms with van der Waals surface area (Å²) in [5, 5.41) is 42.2. The molecule has 4 atom stereocenters. The predicted octanol–water partition coefficient (Wildman–Crippen LogP) is 0.518. The Hall–Kier alpha value is -2.31. The molecule has 0 saturated carbocycles. The maximum Gasteiger partial charge on any atom is 0.167 e. The molecule has 148 valence electrons. The second kappa shape index (κ2) is 7.60. The number of rotatable bonds is 5. The Labute approximate surface area is 167 Å². The van der Waals surface area contributed by atoms with E-state index in [9.17, 15) is 20.4 Å². The van der Waals surface area contributed by atoms with E-state index in [1.165, 1.54) is 17.2 Å². The molecule has 1 unspecified atom stereocenters. The van der Waals surface area contributed by atoms with Gasteiger partial charge < -0.3 is 30.5 Å².